The minimum Gasteiger partial charge on any atom is -0.367 e. The van der Waals surface area contributed by atoms with Gasteiger partial charge >= 0.3 is 0 Å². The molecule has 2 aliphatic rings. The van der Waals surface area contributed by atoms with Gasteiger partial charge in [0.1, 0.15) is 5.82 Å². The van der Waals surface area contributed by atoms with Gasteiger partial charge in [0.15, 0.2) is 5.82 Å². The molecule has 8 heteroatoms. The molecule has 1 atom stereocenters. The fraction of sp³-hybridized carbons (Fsp3) is 0.346. The Hall–Kier alpha value is -3.19. The Morgan fingerprint density at radius 2 is 1.65 bits per heavy atom. The van der Waals surface area contributed by atoms with Crippen LogP contribution in [0, 0.1) is 11.7 Å². The number of aromatic nitrogens is 2. The lowest BCUT2D eigenvalue weighted by Crippen LogP contribution is -2.52. The number of hydrogen-bond acceptors (Lipinski definition) is 5. The average molecular weight is 480 g/mol. The summed E-state index contributed by atoms with van der Waals surface area (Å²) in [6.45, 7) is 4.46. The molecular weight excluding hydrogens is 453 g/mol. The summed E-state index contributed by atoms with van der Waals surface area (Å²) < 4.78 is 13.2. The zero-order valence-corrected chi connectivity index (χ0v) is 19.7. The zero-order chi connectivity index (χ0) is 23.5. The number of piperidine rings is 1. The molecule has 176 valence electrons. The summed E-state index contributed by atoms with van der Waals surface area (Å²) in [6, 6.07) is 17.9. The second kappa shape index (κ2) is 9.97. The molecule has 2 aromatic carbocycles. The highest BCUT2D eigenvalue weighted by Gasteiger charge is 2.32. The number of carbonyl (C=O) groups excluding carboxylic acids is 1. The number of piperazine rings is 1. The highest BCUT2D eigenvalue weighted by Crippen LogP contribution is 2.28. The first kappa shape index (κ1) is 22.6. The number of halogens is 2. The van der Waals surface area contributed by atoms with Crippen LogP contribution >= 0.6 is 11.6 Å². The number of carbonyl (C=O) groups is 1. The van der Waals surface area contributed by atoms with E-state index < -0.39 is 0 Å². The van der Waals surface area contributed by atoms with E-state index in [-0.39, 0.29) is 17.6 Å². The van der Waals surface area contributed by atoms with Crippen LogP contribution in [0.15, 0.2) is 60.7 Å². The zero-order valence-electron chi connectivity index (χ0n) is 18.9. The summed E-state index contributed by atoms with van der Waals surface area (Å²) in [6.07, 6.45) is 1.83. The van der Waals surface area contributed by atoms with Crippen LogP contribution in [0.25, 0.3) is 11.3 Å². The predicted molar refractivity (Wildman–Crippen MR) is 133 cm³/mol. The largest absolute Gasteiger partial charge is 0.367 e. The normalized spacial score (nSPS) is 18.8. The van der Waals surface area contributed by atoms with Gasteiger partial charge in [-0.3, -0.25) is 4.79 Å². The van der Waals surface area contributed by atoms with Crippen LogP contribution in [0.3, 0.4) is 0 Å². The molecule has 0 spiro atoms. The third-order valence-electron chi connectivity index (χ3n) is 6.67. The van der Waals surface area contributed by atoms with E-state index in [0.717, 1.165) is 54.6 Å². The number of para-hydroxylation sites is 1. The Morgan fingerprint density at radius 3 is 2.35 bits per heavy atom. The fourth-order valence-corrected chi connectivity index (χ4v) is 5.04. The van der Waals surface area contributed by atoms with Crippen LogP contribution in [-0.4, -0.2) is 60.3 Å². The molecule has 1 aromatic heterocycles. The van der Waals surface area contributed by atoms with Gasteiger partial charge in [-0.25, -0.2) is 4.39 Å². The Bertz CT molecular complexity index is 1130. The summed E-state index contributed by atoms with van der Waals surface area (Å²) in [5.74, 6) is 0.674. The Balaban J connectivity index is 1.19. The molecule has 0 radical (unpaired) electrons. The van der Waals surface area contributed by atoms with E-state index in [4.69, 9.17) is 11.6 Å². The van der Waals surface area contributed by atoms with E-state index in [2.05, 4.69) is 20.0 Å². The van der Waals surface area contributed by atoms with Crippen molar-refractivity contribution in [2.24, 2.45) is 5.92 Å². The second-order valence-corrected chi connectivity index (χ2v) is 9.24. The van der Waals surface area contributed by atoms with Gasteiger partial charge in [0.25, 0.3) is 0 Å². The van der Waals surface area contributed by atoms with Gasteiger partial charge in [-0.1, -0.05) is 23.7 Å². The topological polar surface area (TPSA) is 52.6 Å². The molecule has 3 aromatic rings. The molecule has 2 aliphatic heterocycles. The Labute approximate surface area is 204 Å². The summed E-state index contributed by atoms with van der Waals surface area (Å²) in [5.41, 5.74) is 2.55. The van der Waals surface area contributed by atoms with E-state index in [1.54, 1.807) is 12.1 Å². The molecule has 34 heavy (non-hydrogen) atoms. The summed E-state index contributed by atoms with van der Waals surface area (Å²) in [5, 5.41) is 9.48. The quantitative estimate of drug-likeness (QED) is 0.551. The molecule has 0 bridgehead atoms. The number of hydrogen-bond donors (Lipinski definition) is 0. The van der Waals surface area contributed by atoms with Gasteiger partial charge in [0.2, 0.25) is 5.91 Å². The maximum Gasteiger partial charge on any atom is 0.227 e. The van der Waals surface area contributed by atoms with Gasteiger partial charge in [-0.15, -0.1) is 10.2 Å². The second-order valence-electron chi connectivity index (χ2n) is 8.83. The third-order valence-corrected chi connectivity index (χ3v) is 6.99. The van der Waals surface area contributed by atoms with Crippen molar-refractivity contribution < 1.29 is 9.18 Å². The molecule has 2 saturated heterocycles. The number of amides is 1. The van der Waals surface area contributed by atoms with Crippen molar-refractivity contribution in [1.29, 1.82) is 0 Å². The lowest BCUT2D eigenvalue weighted by Gasteiger charge is -2.40. The van der Waals surface area contributed by atoms with Gasteiger partial charge in [-0.2, -0.15) is 0 Å². The first-order valence-corrected chi connectivity index (χ1v) is 12.1. The highest BCUT2D eigenvalue weighted by molar-refractivity contribution is 6.33. The van der Waals surface area contributed by atoms with E-state index in [1.807, 2.05) is 41.3 Å². The fourth-order valence-electron chi connectivity index (χ4n) is 4.79. The smallest absolute Gasteiger partial charge is 0.227 e. The number of rotatable bonds is 4. The summed E-state index contributed by atoms with van der Waals surface area (Å²) in [4.78, 5) is 19.7. The summed E-state index contributed by atoms with van der Waals surface area (Å²) >= 11 is 6.35. The third kappa shape index (κ3) is 4.85. The van der Waals surface area contributed by atoms with Crippen LogP contribution in [0.2, 0.25) is 5.02 Å². The molecule has 1 amide bonds. The van der Waals surface area contributed by atoms with Crippen molar-refractivity contribution >= 4 is 29.0 Å². The van der Waals surface area contributed by atoms with Crippen LogP contribution in [0.1, 0.15) is 12.8 Å². The first-order chi connectivity index (χ1) is 16.6. The molecule has 6 nitrogen and oxygen atoms in total. The van der Waals surface area contributed by atoms with Gasteiger partial charge < -0.3 is 14.7 Å². The lowest BCUT2D eigenvalue weighted by atomic mass is 9.96. The molecule has 2 fully saturated rings. The Kier molecular flexibility index (Phi) is 6.63. The van der Waals surface area contributed by atoms with Crippen LogP contribution in [0.5, 0.6) is 0 Å². The number of nitrogens with zero attached hydrogens (tertiary/aromatic N) is 5. The monoisotopic (exact) mass is 479 g/mol. The minimum absolute atomic E-state index is 0.0424. The lowest BCUT2D eigenvalue weighted by molar-refractivity contribution is -0.136. The van der Waals surface area contributed by atoms with Crippen LogP contribution < -0.4 is 9.80 Å². The molecule has 3 heterocycles. The van der Waals surface area contributed by atoms with Crippen molar-refractivity contribution in [1.82, 2.24) is 15.1 Å². The van der Waals surface area contributed by atoms with E-state index in [1.165, 1.54) is 12.1 Å². The van der Waals surface area contributed by atoms with E-state index in [0.29, 0.717) is 25.3 Å². The van der Waals surface area contributed by atoms with Crippen molar-refractivity contribution in [3.63, 3.8) is 0 Å². The number of benzene rings is 2. The van der Waals surface area contributed by atoms with Crippen molar-refractivity contribution in [2.45, 2.75) is 12.8 Å². The SMILES string of the molecule is O=C(C1CCCN(c2ccc(-c3ccc(F)cc3)nn2)C1)N1CCN(c2ccccc2Cl)CC1. The van der Waals surface area contributed by atoms with E-state index in [9.17, 15) is 9.18 Å². The maximum atomic E-state index is 13.3. The molecule has 5 rings (SSSR count). The first-order valence-electron chi connectivity index (χ1n) is 11.7. The van der Waals surface area contributed by atoms with Crippen LogP contribution in [-0.2, 0) is 4.79 Å². The van der Waals surface area contributed by atoms with Crippen LogP contribution in [0.4, 0.5) is 15.9 Å². The number of anilines is 2. The van der Waals surface area contributed by atoms with Crippen molar-refractivity contribution in [2.75, 3.05) is 49.1 Å². The molecule has 0 N–H and O–H groups in total. The predicted octanol–water partition coefficient (Wildman–Crippen LogP) is 4.50. The average Bonchev–Trinajstić information content (AvgIpc) is 2.89. The maximum absolute atomic E-state index is 13.3. The molecule has 0 saturated carbocycles. The molecule has 1 unspecified atom stereocenters. The molecule has 0 aliphatic carbocycles. The van der Waals surface area contributed by atoms with Gasteiger partial charge in [0, 0.05) is 44.8 Å². The molecular formula is C26H27ClFN5O. The Morgan fingerprint density at radius 1 is 0.882 bits per heavy atom. The summed E-state index contributed by atoms with van der Waals surface area (Å²) in [7, 11) is 0. The standard InChI is InChI=1S/C26H27ClFN5O/c27-22-5-1-2-6-24(22)31-14-16-32(17-15-31)26(34)20-4-3-13-33(18-20)25-12-11-23(29-30-25)19-7-9-21(28)10-8-19/h1-2,5-12,20H,3-4,13-18H2. The van der Waals surface area contributed by atoms with Gasteiger partial charge in [0.05, 0.1) is 22.3 Å². The minimum atomic E-state index is -0.275. The van der Waals surface area contributed by atoms with Gasteiger partial charge in [-0.05, 0) is 61.4 Å². The van der Waals surface area contributed by atoms with Crippen molar-refractivity contribution in [3.05, 3.63) is 71.5 Å². The van der Waals surface area contributed by atoms with Crippen molar-refractivity contribution in [3.8, 4) is 11.3 Å². The highest BCUT2D eigenvalue weighted by atomic mass is 35.5. The van der Waals surface area contributed by atoms with E-state index >= 15 is 0 Å².